The van der Waals surface area contributed by atoms with Crippen LogP contribution in [0.25, 0.3) is 5.65 Å². The SMILES string of the molecule is Nc1nn2cccnc2c1C(=O)NC1CCCC(O)C1. The van der Waals surface area contributed by atoms with E-state index >= 15 is 0 Å². The highest BCUT2D eigenvalue weighted by molar-refractivity contribution is 6.04. The zero-order valence-electron chi connectivity index (χ0n) is 11.0. The summed E-state index contributed by atoms with van der Waals surface area (Å²) < 4.78 is 1.49. The maximum atomic E-state index is 12.3. The van der Waals surface area contributed by atoms with E-state index in [-0.39, 0.29) is 23.9 Å². The number of nitrogens with zero attached hydrogens (tertiary/aromatic N) is 3. The summed E-state index contributed by atoms with van der Waals surface area (Å²) >= 11 is 0. The minimum Gasteiger partial charge on any atom is -0.393 e. The molecule has 7 nitrogen and oxygen atoms in total. The molecule has 2 unspecified atom stereocenters. The lowest BCUT2D eigenvalue weighted by Gasteiger charge is -2.26. The third-order valence-corrected chi connectivity index (χ3v) is 3.63. The molecule has 2 aromatic rings. The molecular weight excluding hydrogens is 258 g/mol. The van der Waals surface area contributed by atoms with Crippen LogP contribution in [0.2, 0.25) is 0 Å². The van der Waals surface area contributed by atoms with Gasteiger partial charge in [0.15, 0.2) is 11.5 Å². The molecule has 0 radical (unpaired) electrons. The number of aliphatic hydroxyl groups is 1. The summed E-state index contributed by atoms with van der Waals surface area (Å²) in [6.07, 6.45) is 6.11. The van der Waals surface area contributed by atoms with Crippen molar-refractivity contribution in [1.82, 2.24) is 19.9 Å². The first-order valence-electron chi connectivity index (χ1n) is 6.73. The summed E-state index contributed by atoms with van der Waals surface area (Å²) in [4.78, 5) is 16.5. The van der Waals surface area contributed by atoms with Crippen molar-refractivity contribution in [3.63, 3.8) is 0 Å². The fourth-order valence-electron chi connectivity index (χ4n) is 2.67. The molecule has 0 aromatic carbocycles. The Morgan fingerprint density at radius 3 is 3.15 bits per heavy atom. The van der Waals surface area contributed by atoms with E-state index in [1.807, 2.05) is 0 Å². The van der Waals surface area contributed by atoms with Crippen molar-refractivity contribution < 1.29 is 9.90 Å². The number of rotatable bonds is 2. The minimum absolute atomic E-state index is 0.0238. The van der Waals surface area contributed by atoms with E-state index in [4.69, 9.17) is 5.73 Å². The smallest absolute Gasteiger partial charge is 0.259 e. The van der Waals surface area contributed by atoms with Gasteiger partial charge in [0.25, 0.3) is 5.91 Å². The van der Waals surface area contributed by atoms with Crippen LogP contribution >= 0.6 is 0 Å². The van der Waals surface area contributed by atoms with E-state index in [2.05, 4.69) is 15.4 Å². The van der Waals surface area contributed by atoms with E-state index in [9.17, 15) is 9.90 Å². The van der Waals surface area contributed by atoms with Gasteiger partial charge in [0, 0.05) is 18.4 Å². The molecule has 1 saturated carbocycles. The number of carbonyl (C=O) groups is 1. The Bertz CT molecular complexity index is 639. The van der Waals surface area contributed by atoms with Crippen molar-refractivity contribution >= 4 is 17.4 Å². The highest BCUT2D eigenvalue weighted by Gasteiger charge is 2.25. The van der Waals surface area contributed by atoms with E-state index in [0.29, 0.717) is 17.6 Å². The monoisotopic (exact) mass is 275 g/mol. The van der Waals surface area contributed by atoms with Crippen LogP contribution in [-0.2, 0) is 0 Å². The van der Waals surface area contributed by atoms with Crippen molar-refractivity contribution in [2.75, 3.05) is 5.73 Å². The number of aliphatic hydroxyl groups excluding tert-OH is 1. The van der Waals surface area contributed by atoms with E-state index in [0.717, 1.165) is 19.3 Å². The van der Waals surface area contributed by atoms with Gasteiger partial charge >= 0.3 is 0 Å². The molecule has 1 fully saturated rings. The molecule has 2 aromatic heterocycles. The molecule has 0 spiro atoms. The van der Waals surface area contributed by atoms with Gasteiger partial charge in [-0.3, -0.25) is 4.79 Å². The van der Waals surface area contributed by atoms with Crippen LogP contribution in [-0.4, -0.2) is 37.8 Å². The zero-order chi connectivity index (χ0) is 14.1. The molecule has 0 aliphatic heterocycles. The number of amides is 1. The largest absolute Gasteiger partial charge is 0.393 e. The van der Waals surface area contributed by atoms with Crippen LogP contribution in [0.5, 0.6) is 0 Å². The Kier molecular flexibility index (Phi) is 3.27. The van der Waals surface area contributed by atoms with Gasteiger partial charge in [0.05, 0.1) is 6.10 Å². The maximum absolute atomic E-state index is 12.3. The number of nitrogen functional groups attached to an aromatic ring is 1. The Morgan fingerprint density at radius 1 is 1.50 bits per heavy atom. The van der Waals surface area contributed by atoms with Crippen LogP contribution in [0.3, 0.4) is 0 Å². The van der Waals surface area contributed by atoms with Crippen LogP contribution in [0.1, 0.15) is 36.0 Å². The molecule has 7 heteroatoms. The van der Waals surface area contributed by atoms with Gasteiger partial charge in [0.1, 0.15) is 5.56 Å². The first-order valence-corrected chi connectivity index (χ1v) is 6.73. The Balaban J connectivity index is 1.83. The number of anilines is 1. The normalized spacial score (nSPS) is 22.9. The molecule has 2 heterocycles. The molecule has 20 heavy (non-hydrogen) atoms. The summed E-state index contributed by atoms with van der Waals surface area (Å²) in [5, 5.41) is 16.6. The lowest BCUT2D eigenvalue weighted by Crippen LogP contribution is -2.40. The van der Waals surface area contributed by atoms with Gasteiger partial charge in [-0.25, -0.2) is 9.50 Å². The predicted octanol–water partition coefficient (Wildman–Crippen LogP) is 0.345. The van der Waals surface area contributed by atoms with Crippen molar-refractivity contribution in [1.29, 1.82) is 0 Å². The molecule has 1 aliphatic rings. The average molecular weight is 275 g/mol. The minimum atomic E-state index is -0.339. The van der Waals surface area contributed by atoms with Crippen molar-refractivity contribution in [2.45, 2.75) is 37.8 Å². The third kappa shape index (κ3) is 2.32. The summed E-state index contributed by atoms with van der Waals surface area (Å²) in [5.41, 5.74) is 6.54. The molecule has 1 aliphatic carbocycles. The quantitative estimate of drug-likeness (QED) is 0.733. The molecule has 2 atom stereocenters. The second-order valence-electron chi connectivity index (χ2n) is 5.14. The second kappa shape index (κ2) is 5.09. The highest BCUT2D eigenvalue weighted by atomic mass is 16.3. The first-order chi connectivity index (χ1) is 9.65. The molecule has 0 saturated heterocycles. The molecule has 1 amide bonds. The van der Waals surface area contributed by atoms with Crippen LogP contribution < -0.4 is 11.1 Å². The first kappa shape index (κ1) is 12.9. The number of fused-ring (bicyclic) bond motifs is 1. The molecule has 0 bridgehead atoms. The van der Waals surface area contributed by atoms with Crippen molar-refractivity contribution in [3.8, 4) is 0 Å². The number of carbonyl (C=O) groups excluding carboxylic acids is 1. The lowest BCUT2D eigenvalue weighted by molar-refractivity contribution is 0.0852. The number of aromatic nitrogens is 3. The van der Waals surface area contributed by atoms with Gasteiger partial charge in [0.2, 0.25) is 0 Å². The molecule has 106 valence electrons. The van der Waals surface area contributed by atoms with E-state index in [1.165, 1.54) is 4.52 Å². The van der Waals surface area contributed by atoms with Crippen molar-refractivity contribution in [3.05, 3.63) is 24.0 Å². The molecule has 3 rings (SSSR count). The van der Waals surface area contributed by atoms with Gasteiger partial charge in [-0.15, -0.1) is 5.10 Å². The van der Waals surface area contributed by atoms with Gasteiger partial charge in [-0.1, -0.05) is 0 Å². The van der Waals surface area contributed by atoms with Crippen LogP contribution in [0.15, 0.2) is 18.5 Å². The Hall–Kier alpha value is -2.15. The average Bonchev–Trinajstić information content (AvgIpc) is 2.74. The van der Waals surface area contributed by atoms with Gasteiger partial charge < -0.3 is 16.2 Å². The third-order valence-electron chi connectivity index (χ3n) is 3.63. The van der Waals surface area contributed by atoms with Crippen LogP contribution in [0, 0.1) is 0 Å². The summed E-state index contributed by atoms with van der Waals surface area (Å²) in [7, 11) is 0. The second-order valence-corrected chi connectivity index (χ2v) is 5.14. The molecule has 4 N–H and O–H groups in total. The fraction of sp³-hybridized carbons (Fsp3) is 0.462. The van der Waals surface area contributed by atoms with E-state index < -0.39 is 0 Å². The fourth-order valence-corrected chi connectivity index (χ4v) is 2.67. The highest BCUT2D eigenvalue weighted by Crippen LogP contribution is 2.20. The maximum Gasteiger partial charge on any atom is 0.259 e. The number of hydrogen-bond acceptors (Lipinski definition) is 5. The topological polar surface area (TPSA) is 106 Å². The summed E-state index contributed by atoms with van der Waals surface area (Å²) in [6, 6.07) is 1.70. The lowest BCUT2D eigenvalue weighted by atomic mass is 9.93. The van der Waals surface area contributed by atoms with Crippen LogP contribution in [0.4, 0.5) is 5.82 Å². The summed E-state index contributed by atoms with van der Waals surface area (Å²) in [6.45, 7) is 0. The Labute approximate surface area is 115 Å². The molecular formula is C13H17N5O2. The summed E-state index contributed by atoms with van der Waals surface area (Å²) in [5.74, 6) is -0.118. The number of nitrogens with one attached hydrogen (secondary N) is 1. The predicted molar refractivity (Wildman–Crippen MR) is 73.1 cm³/mol. The van der Waals surface area contributed by atoms with Gasteiger partial charge in [-0.05, 0) is 31.7 Å². The van der Waals surface area contributed by atoms with Gasteiger partial charge in [-0.2, -0.15) is 0 Å². The standard InChI is InChI=1S/C13H17N5O2/c14-11-10(12-15-5-2-6-18(12)17-11)13(20)16-8-3-1-4-9(19)7-8/h2,5-6,8-9,19H,1,3-4,7H2,(H2,14,17)(H,16,20). The zero-order valence-corrected chi connectivity index (χ0v) is 11.0. The van der Waals surface area contributed by atoms with E-state index in [1.54, 1.807) is 18.5 Å². The van der Waals surface area contributed by atoms with Crippen molar-refractivity contribution in [2.24, 2.45) is 0 Å². The number of hydrogen-bond donors (Lipinski definition) is 3. The number of nitrogens with two attached hydrogens (primary N) is 1. The Morgan fingerprint density at radius 2 is 2.35 bits per heavy atom.